The third kappa shape index (κ3) is 9.93. The molecule has 0 aromatic carbocycles. The van der Waals surface area contributed by atoms with E-state index in [9.17, 15) is 0 Å². The van der Waals surface area contributed by atoms with Gasteiger partial charge in [0.25, 0.3) is 0 Å². The summed E-state index contributed by atoms with van der Waals surface area (Å²) in [4.78, 5) is 10.4. The molecule has 8 fully saturated rings. The lowest BCUT2D eigenvalue weighted by Crippen LogP contribution is -2.44. The van der Waals surface area contributed by atoms with Gasteiger partial charge in [0.1, 0.15) is 0 Å². The fourth-order valence-corrected chi connectivity index (χ4v) is 11.5. The number of piperidine rings is 4. The lowest BCUT2D eigenvalue weighted by Gasteiger charge is -2.42. The van der Waals surface area contributed by atoms with Gasteiger partial charge in [-0.1, -0.05) is 51.4 Å². The Bertz CT molecular complexity index is 651. The van der Waals surface area contributed by atoms with E-state index in [1.54, 1.807) is 0 Å². The number of likely N-dealkylation sites (tertiary alicyclic amines) is 4. The van der Waals surface area contributed by atoms with Crippen LogP contribution in [-0.4, -0.2) is 98.1 Å². The maximum atomic E-state index is 2.59. The summed E-state index contributed by atoms with van der Waals surface area (Å²) < 4.78 is 0. The molecule has 4 saturated carbocycles. The number of rotatable bonds is 0. The molecule has 0 unspecified atom stereocenters. The first-order valence-corrected chi connectivity index (χ1v) is 20.3. The Morgan fingerprint density at radius 2 is 0.432 bits per heavy atom. The zero-order valence-corrected chi connectivity index (χ0v) is 30.2. The van der Waals surface area contributed by atoms with Gasteiger partial charge in [0, 0.05) is 24.2 Å². The largest absolute Gasteiger partial charge is 0.303 e. The molecule has 256 valence electrons. The van der Waals surface area contributed by atoms with E-state index in [1.165, 1.54) is 180 Å². The van der Waals surface area contributed by atoms with Gasteiger partial charge in [-0.3, -0.25) is 0 Å². The van der Waals surface area contributed by atoms with Crippen LogP contribution in [0, 0.1) is 23.7 Å². The minimum Gasteiger partial charge on any atom is -0.303 e. The van der Waals surface area contributed by atoms with E-state index in [0.717, 1.165) is 47.8 Å². The van der Waals surface area contributed by atoms with Crippen LogP contribution in [0.15, 0.2) is 0 Å². The van der Waals surface area contributed by atoms with Crippen LogP contribution in [0.3, 0.4) is 0 Å². The van der Waals surface area contributed by atoms with Gasteiger partial charge in [0.15, 0.2) is 0 Å². The highest BCUT2D eigenvalue weighted by Gasteiger charge is 2.33. The summed E-state index contributed by atoms with van der Waals surface area (Å²) in [6, 6.07) is 3.82. The van der Waals surface area contributed by atoms with Crippen molar-refractivity contribution < 1.29 is 0 Å². The number of hydrogen-bond donors (Lipinski definition) is 0. The Labute approximate surface area is 275 Å². The van der Waals surface area contributed by atoms with Crippen molar-refractivity contribution in [3.8, 4) is 0 Å². The molecule has 4 saturated heterocycles. The van der Waals surface area contributed by atoms with Crippen molar-refractivity contribution in [1.82, 2.24) is 19.6 Å². The predicted octanol–water partition coefficient (Wildman–Crippen LogP) is 9.08. The second-order valence-corrected chi connectivity index (χ2v) is 16.9. The average molecular weight is 613 g/mol. The molecule has 0 N–H and O–H groups in total. The summed E-state index contributed by atoms with van der Waals surface area (Å²) in [5, 5.41) is 0. The number of fused-ring (bicyclic) bond motifs is 4. The van der Waals surface area contributed by atoms with Gasteiger partial charge in [0.2, 0.25) is 0 Å². The molecular formula is C40H76N4. The lowest BCUT2D eigenvalue weighted by atomic mass is 9.79. The maximum Gasteiger partial charge on any atom is 0.0120 e. The maximum absolute atomic E-state index is 2.59. The highest BCUT2D eigenvalue weighted by atomic mass is 15.2. The molecule has 0 radical (unpaired) electrons. The van der Waals surface area contributed by atoms with Crippen LogP contribution in [0.4, 0.5) is 0 Å². The van der Waals surface area contributed by atoms with E-state index >= 15 is 0 Å². The van der Waals surface area contributed by atoms with E-state index in [2.05, 4.69) is 47.8 Å². The first-order chi connectivity index (χ1) is 21.5. The molecule has 4 nitrogen and oxygen atoms in total. The van der Waals surface area contributed by atoms with Crippen LogP contribution >= 0.6 is 0 Å². The van der Waals surface area contributed by atoms with Gasteiger partial charge in [-0.05, 0) is 181 Å². The quantitative estimate of drug-likeness (QED) is 0.270. The molecule has 4 aliphatic heterocycles. The Kier molecular flexibility index (Phi) is 14.7. The van der Waals surface area contributed by atoms with Crippen LogP contribution in [0.1, 0.15) is 154 Å². The summed E-state index contributed by atoms with van der Waals surface area (Å²) in [7, 11) is 9.23. The molecule has 4 aliphatic carbocycles. The predicted molar refractivity (Wildman–Crippen MR) is 190 cm³/mol. The second kappa shape index (κ2) is 18.4. The summed E-state index contributed by atoms with van der Waals surface area (Å²) >= 11 is 0. The normalized spacial score (nSPS) is 40.1. The van der Waals surface area contributed by atoms with Crippen LogP contribution in [-0.2, 0) is 0 Å². The Balaban J connectivity index is 0.000000116. The SMILES string of the molecule is CN1CCC[C@@H]2CCCC[C@@H]21.CN1CCC[C@@H]2CCCC[C@H]21.CN1CCC[C@H]2CCCC[C@@H]21.CN1CCC[C@H]2CCCC[C@H]21. The van der Waals surface area contributed by atoms with Gasteiger partial charge in [-0.2, -0.15) is 0 Å². The molecule has 0 bridgehead atoms. The smallest absolute Gasteiger partial charge is 0.0120 e. The zero-order valence-electron chi connectivity index (χ0n) is 30.2. The number of nitrogens with zero attached hydrogens (tertiary/aromatic N) is 4. The lowest BCUT2D eigenvalue weighted by molar-refractivity contribution is 0.0841. The first kappa shape index (κ1) is 35.2. The fourth-order valence-electron chi connectivity index (χ4n) is 11.5. The molecule has 0 amide bonds. The van der Waals surface area contributed by atoms with Crippen molar-refractivity contribution in [3.63, 3.8) is 0 Å². The summed E-state index contributed by atoms with van der Waals surface area (Å²) in [6.45, 7) is 5.39. The highest BCUT2D eigenvalue weighted by molar-refractivity contribution is 4.88. The van der Waals surface area contributed by atoms with Crippen LogP contribution < -0.4 is 0 Å². The van der Waals surface area contributed by atoms with Crippen LogP contribution in [0.5, 0.6) is 0 Å². The molecule has 0 spiro atoms. The molecule has 0 aromatic rings. The van der Waals surface area contributed by atoms with Crippen molar-refractivity contribution in [1.29, 1.82) is 0 Å². The molecular weight excluding hydrogens is 536 g/mol. The van der Waals surface area contributed by atoms with Crippen LogP contribution in [0.2, 0.25) is 0 Å². The standard InChI is InChI=1S/4C10H19N/c4*1-11-8-4-6-9-5-2-3-7-10(9)11/h4*9-10H,2-8H2,1H3/t2*9-,10+;2*9-,10-/m1010/s1. The average Bonchev–Trinajstić information content (AvgIpc) is 3.07. The Morgan fingerprint density at radius 3 is 0.636 bits per heavy atom. The van der Waals surface area contributed by atoms with Gasteiger partial charge in [-0.15, -0.1) is 0 Å². The van der Waals surface area contributed by atoms with Gasteiger partial charge < -0.3 is 19.6 Å². The van der Waals surface area contributed by atoms with E-state index in [-0.39, 0.29) is 0 Å². The van der Waals surface area contributed by atoms with E-state index in [4.69, 9.17) is 0 Å². The van der Waals surface area contributed by atoms with Crippen molar-refractivity contribution >= 4 is 0 Å². The van der Waals surface area contributed by atoms with Crippen molar-refractivity contribution in [3.05, 3.63) is 0 Å². The molecule has 8 rings (SSSR count). The Morgan fingerprint density at radius 1 is 0.250 bits per heavy atom. The fraction of sp³-hybridized carbons (Fsp3) is 1.00. The monoisotopic (exact) mass is 613 g/mol. The van der Waals surface area contributed by atoms with Gasteiger partial charge in [0.05, 0.1) is 0 Å². The minimum absolute atomic E-state index is 0.956. The molecule has 0 aromatic heterocycles. The second-order valence-electron chi connectivity index (χ2n) is 16.9. The highest BCUT2D eigenvalue weighted by Crippen LogP contribution is 2.37. The molecule has 8 aliphatic rings. The topological polar surface area (TPSA) is 13.0 Å². The van der Waals surface area contributed by atoms with E-state index in [1.807, 2.05) is 0 Å². The summed E-state index contributed by atoms with van der Waals surface area (Å²) in [5.74, 6) is 4.23. The molecule has 44 heavy (non-hydrogen) atoms. The summed E-state index contributed by atoms with van der Waals surface area (Å²) in [6.07, 6.45) is 35.6. The summed E-state index contributed by atoms with van der Waals surface area (Å²) in [5.41, 5.74) is 0. The molecule has 4 heterocycles. The molecule has 8 atom stereocenters. The Hall–Kier alpha value is -0.160. The van der Waals surface area contributed by atoms with E-state index < -0.39 is 0 Å². The van der Waals surface area contributed by atoms with Crippen molar-refractivity contribution in [2.45, 2.75) is 178 Å². The zero-order chi connectivity index (χ0) is 30.7. The third-order valence-corrected chi connectivity index (χ3v) is 14.1. The van der Waals surface area contributed by atoms with Crippen LogP contribution in [0.25, 0.3) is 0 Å². The number of hydrogen-bond acceptors (Lipinski definition) is 4. The van der Waals surface area contributed by atoms with Crippen molar-refractivity contribution in [2.75, 3.05) is 54.4 Å². The van der Waals surface area contributed by atoms with Crippen molar-refractivity contribution in [2.24, 2.45) is 23.7 Å². The van der Waals surface area contributed by atoms with Gasteiger partial charge in [-0.25, -0.2) is 0 Å². The minimum atomic E-state index is 0.956. The third-order valence-electron chi connectivity index (χ3n) is 14.1. The van der Waals surface area contributed by atoms with Gasteiger partial charge >= 0.3 is 0 Å². The van der Waals surface area contributed by atoms with E-state index in [0.29, 0.717) is 0 Å². The molecule has 4 heteroatoms. The first-order valence-electron chi connectivity index (χ1n) is 20.3.